The summed E-state index contributed by atoms with van der Waals surface area (Å²) in [6.45, 7) is 0. The van der Waals surface area contributed by atoms with Crippen molar-refractivity contribution >= 4 is 5.78 Å². The number of rotatable bonds is 0. The van der Waals surface area contributed by atoms with E-state index in [1.165, 1.54) is 0 Å². The van der Waals surface area contributed by atoms with Crippen molar-refractivity contribution in [2.45, 2.75) is 32.1 Å². The number of hydrogen-bond donors (Lipinski definition) is 0. The predicted octanol–water partition coefficient (Wildman–Crippen LogP) is -2.23. The second-order valence-corrected chi connectivity index (χ2v) is 2.63. The van der Waals surface area contributed by atoms with E-state index in [1.807, 2.05) is 0 Å². The maximum Gasteiger partial charge on any atom is 1.00 e. The molecule has 11 heavy (non-hydrogen) atoms. The van der Waals surface area contributed by atoms with Gasteiger partial charge < -0.3 is 5.11 Å². The molecule has 0 aromatic heterocycles. The summed E-state index contributed by atoms with van der Waals surface area (Å²) in [7, 11) is 0. The smallest absolute Gasteiger partial charge is 0.878 e. The van der Waals surface area contributed by atoms with E-state index in [-0.39, 0.29) is 35.3 Å². The first-order valence-corrected chi connectivity index (χ1v) is 3.69. The Morgan fingerprint density at radius 2 is 1.82 bits per heavy atom. The Morgan fingerprint density at radius 1 is 1.18 bits per heavy atom. The van der Waals surface area contributed by atoms with Gasteiger partial charge in [0, 0.05) is 6.42 Å². The van der Waals surface area contributed by atoms with Gasteiger partial charge in [-0.2, -0.15) is 0 Å². The van der Waals surface area contributed by atoms with Gasteiger partial charge in [-0.05, 0) is 24.8 Å². The van der Waals surface area contributed by atoms with Crippen LogP contribution in [0.5, 0.6) is 0 Å². The molecule has 0 bridgehead atoms. The molecule has 0 heterocycles. The number of Topliss-reactive ketones (excluding diaryl/α,β-unsaturated/α-hetero) is 1. The number of hydrogen-bond acceptors (Lipinski definition) is 2. The second-order valence-electron chi connectivity index (χ2n) is 2.63. The van der Waals surface area contributed by atoms with Gasteiger partial charge in [-0.15, -0.1) is 6.26 Å². The quantitative estimate of drug-likeness (QED) is 0.175. The molecule has 1 rings (SSSR count). The SMILES string of the molecule is O=C1CCCCCC1=C[O-].[Na+]. The molecule has 0 saturated heterocycles. The zero-order valence-corrected chi connectivity index (χ0v) is 8.93. The molecule has 1 aliphatic carbocycles. The van der Waals surface area contributed by atoms with Crippen LogP contribution in [0, 0.1) is 0 Å². The number of carbonyl (C=O) groups is 1. The van der Waals surface area contributed by atoms with Gasteiger partial charge in [-0.3, -0.25) is 4.79 Å². The zero-order chi connectivity index (χ0) is 7.40. The average molecular weight is 162 g/mol. The third kappa shape index (κ3) is 3.41. The summed E-state index contributed by atoms with van der Waals surface area (Å²) >= 11 is 0. The summed E-state index contributed by atoms with van der Waals surface area (Å²) in [5.74, 6) is 0.0625. The monoisotopic (exact) mass is 162 g/mol. The summed E-state index contributed by atoms with van der Waals surface area (Å²) in [4.78, 5) is 11.0. The normalized spacial score (nSPS) is 22.5. The van der Waals surface area contributed by atoms with Crippen molar-refractivity contribution in [3.8, 4) is 0 Å². The Bertz CT molecular complexity index is 163. The maximum absolute atomic E-state index is 11.0. The van der Waals surface area contributed by atoms with Crippen molar-refractivity contribution in [3.63, 3.8) is 0 Å². The van der Waals surface area contributed by atoms with Crippen LogP contribution >= 0.6 is 0 Å². The van der Waals surface area contributed by atoms with Gasteiger partial charge in [0.15, 0.2) is 5.78 Å². The van der Waals surface area contributed by atoms with Gasteiger partial charge >= 0.3 is 29.6 Å². The predicted molar refractivity (Wildman–Crippen MR) is 36.2 cm³/mol. The Hall–Kier alpha value is 0.210. The standard InChI is InChI=1S/C8H12O2.Na/c9-6-7-4-2-1-3-5-8(7)10;/h6,9H,1-5H2;/q;+1/p-1. The van der Waals surface area contributed by atoms with Crippen molar-refractivity contribution < 1.29 is 39.5 Å². The third-order valence-electron chi connectivity index (χ3n) is 1.85. The van der Waals surface area contributed by atoms with Crippen LogP contribution in [0.25, 0.3) is 0 Å². The molecule has 2 nitrogen and oxygen atoms in total. The van der Waals surface area contributed by atoms with Crippen LogP contribution in [-0.2, 0) is 4.79 Å². The molecule has 1 fully saturated rings. The molecule has 3 heteroatoms. The Kier molecular flexibility index (Phi) is 5.92. The van der Waals surface area contributed by atoms with E-state index in [0.29, 0.717) is 24.7 Å². The summed E-state index contributed by atoms with van der Waals surface area (Å²) in [5, 5.41) is 10.3. The molecule has 1 saturated carbocycles. The van der Waals surface area contributed by atoms with E-state index in [2.05, 4.69) is 0 Å². The molecule has 56 valence electrons. The van der Waals surface area contributed by atoms with Crippen molar-refractivity contribution in [2.75, 3.05) is 0 Å². The third-order valence-corrected chi connectivity index (χ3v) is 1.85. The second kappa shape index (κ2) is 5.81. The number of carbonyl (C=O) groups excluding carboxylic acids is 1. The number of allylic oxidation sites excluding steroid dienone is 1. The molecule has 0 unspecified atom stereocenters. The van der Waals surface area contributed by atoms with Crippen molar-refractivity contribution in [1.82, 2.24) is 0 Å². The molecular weight excluding hydrogens is 151 g/mol. The van der Waals surface area contributed by atoms with Crippen molar-refractivity contribution in [3.05, 3.63) is 11.8 Å². The first-order chi connectivity index (χ1) is 4.84. The Balaban J connectivity index is 0.000001000. The minimum atomic E-state index is 0. The Morgan fingerprint density at radius 3 is 2.45 bits per heavy atom. The van der Waals surface area contributed by atoms with Crippen LogP contribution in [0.3, 0.4) is 0 Å². The fourth-order valence-corrected chi connectivity index (χ4v) is 1.20. The largest absolute Gasteiger partial charge is 1.00 e. The molecule has 0 spiro atoms. The van der Waals surface area contributed by atoms with Crippen LogP contribution < -0.4 is 34.7 Å². The molecule has 0 atom stereocenters. The molecule has 0 radical (unpaired) electrons. The molecular formula is C8H11NaO2. The van der Waals surface area contributed by atoms with Gasteiger partial charge in [-0.1, -0.05) is 6.42 Å². The first-order valence-electron chi connectivity index (χ1n) is 3.69. The number of ketones is 1. The summed E-state index contributed by atoms with van der Waals surface area (Å²) in [6.07, 6.45) is 5.03. The first kappa shape index (κ1) is 11.2. The van der Waals surface area contributed by atoms with Gasteiger partial charge in [0.1, 0.15) is 0 Å². The van der Waals surface area contributed by atoms with Gasteiger partial charge in [-0.25, -0.2) is 0 Å². The zero-order valence-electron chi connectivity index (χ0n) is 6.93. The van der Waals surface area contributed by atoms with Crippen molar-refractivity contribution in [2.24, 2.45) is 0 Å². The fraction of sp³-hybridized carbons (Fsp3) is 0.625. The molecule has 0 aromatic carbocycles. The van der Waals surface area contributed by atoms with Gasteiger partial charge in [0.2, 0.25) is 0 Å². The van der Waals surface area contributed by atoms with Crippen LogP contribution in [0.4, 0.5) is 0 Å². The van der Waals surface area contributed by atoms with E-state index in [9.17, 15) is 9.90 Å². The molecule has 0 aromatic rings. The van der Waals surface area contributed by atoms with Crippen LogP contribution in [0.2, 0.25) is 0 Å². The molecule has 0 amide bonds. The van der Waals surface area contributed by atoms with E-state index in [0.717, 1.165) is 19.3 Å². The maximum atomic E-state index is 11.0. The summed E-state index contributed by atoms with van der Waals surface area (Å²) in [5.41, 5.74) is 0.498. The van der Waals surface area contributed by atoms with E-state index >= 15 is 0 Å². The molecule has 0 N–H and O–H groups in total. The van der Waals surface area contributed by atoms with Crippen LogP contribution in [0.1, 0.15) is 32.1 Å². The fourth-order valence-electron chi connectivity index (χ4n) is 1.20. The minimum absolute atomic E-state index is 0. The van der Waals surface area contributed by atoms with Crippen LogP contribution in [0.15, 0.2) is 11.8 Å². The van der Waals surface area contributed by atoms with E-state index in [4.69, 9.17) is 0 Å². The molecule has 1 aliphatic rings. The van der Waals surface area contributed by atoms with Gasteiger partial charge in [0.05, 0.1) is 0 Å². The Labute approximate surface area is 89.0 Å². The van der Waals surface area contributed by atoms with E-state index in [1.54, 1.807) is 0 Å². The average Bonchev–Trinajstić information content (AvgIpc) is 2.13. The molecule has 0 aliphatic heterocycles. The summed E-state index contributed by atoms with van der Waals surface area (Å²) in [6, 6.07) is 0. The minimum Gasteiger partial charge on any atom is -0.878 e. The summed E-state index contributed by atoms with van der Waals surface area (Å²) < 4.78 is 0. The topological polar surface area (TPSA) is 40.1 Å². The van der Waals surface area contributed by atoms with Crippen LogP contribution in [-0.4, -0.2) is 5.78 Å². The van der Waals surface area contributed by atoms with Crippen molar-refractivity contribution in [1.29, 1.82) is 0 Å². The van der Waals surface area contributed by atoms with Gasteiger partial charge in [0.25, 0.3) is 0 Å². The van der Waals surface area contributed by atoms with E-state index < -0.39 is 0 Å².